The number of halogens is 1. The second kappa shape index (κ2) is 7.83. The number of aromatic nitrogens is 3. The number of hydrogen-bond acceptors (Lipinski definition) is 9. The lowest BCUT2D eigenvalue weighted by molar-refractivity contribution is -0.151. The molecule has 0 bridgehead atoms. The van der Waals surface area contributed by atoms with Crippen molar-refractivity contribution >= 4 is 40.4 Å². The molecule has 3 aliphatic heterocycles. The Hall–Kier alpha value is -4.33. The fraction of sp³-hybridized carbons (Fsp3) is 0.391. The second-order valence-electron chi connectivity index (χ2n) is 9.55. The highest BCUT2D eigenvalue weighted by Gasteiger charge is 2.62. The van der Waals surface area contributed by atoms with E-state index in [4.69, 9.17) is 9.26 Å². The van der Waals surface area contributed by atoms with Gasteiger partial charge in [0.25, 0.3) is 5.91 Å². The third-order valence-corrected chi connectivity index (χ3v) is 7.21. The number of imide groups is 2. The zero-order valence-corrected chi connectivity index (χ0v) is 20.1. The minimum absolute atomic E-state index is 0.133. The van der Waals surface area contributed by atoms with E-state index >= 15 is 4.39 Å². The summed E-state index contributed by atoms with van der Waals surface area (Å²) in [4.78, 5) is 53.7. The number of carbonyl (C=O) groups excluding carboxylic acids is 4. The van der Waals surface area contributed by atoms with Crippen LogP contribution in [0, 0.1) is 11.2 Å². The number of rotatable bonds is 2. The molecule has 1 spiro atoms. The molecular formula is C23H22FN7O6. The Bertz CT molecular complexity index is 1490. The van der Waals surface area contributed by atoms with E-state index in [9.17, 15) is 19.2 Å². The molecule has 3 aliphatic rings. The minimum atomic E-state index is -1.74. The number of nitrogens with zero attached hydrogens (tertiary/aromatic N) is 5. The Kier molecular flexibility index (Phi) is 4.89. The van der Waals surface area contributed by atoms with E-state index in [1.54, 1.807) is 32.0 Å². The predicted octanol–water partition coefficient (Wildman–Crippen LogP) is 0.357. The first-order valence-corrected chi connectivity index (χ1v) is 11.6. The Morgan fingerprint density at radius 2 is 1.97 bits per heavy atom. The van der Waals surface area contributed by atoms with Gasteiger partial charge in [-0.15, -0.1) is 0 Å². The van der Waals surface area contributed by atoms with Crippen LogP contribution in [0.5, 0.6) is 0 Å². The third-order valence-electron chi connectivity index (χ3n) is 7.21. The van der Waals surface area contributed by atoms with E-state index in [1.165, 1.54) is 22.0 Å². The van der Waals surface area contributed by atoms with Gasteiger partial charge in [0.1, 0.15) is 0 Å². The van der Waals surface area contributed by atoms with Crippen LogP contribution < -0.4 is 15.5 Å². The SMILES string of the molecule is C[C@@H]1OCCN2c3c(cc4c(-n5cc(C(=O)N(C)C)cn5)noc4c3F)CC3(C(=O)NC(=O)NC3=O)[C@@H]12. The maximum atomic E-state index is 16.1. The fourth-order valence-corrected chi connectivity index (χ4v) is 5.62. The summed E-state index contributed by atoms with van der Waals surface area (Å²) in [5.41, 5.74) is -1.04. The van der Waals surface area contributed by atoms with E-state index in [0.29, 0.717) is 11.1 Å². The molecule has 0 radical (unpaired) electrons. The van der Waals surface area contributed by atoms with Gasteiger partial charge in [-0.05, 0) is 18.6 Å². The molecule has 1 aromatic carbocycles. The number of urea groups is 1. The number of nitrogens with one attached hydrogen (secondary N) is 2. The van der Waals surface area contributed by atoms with E-state index in [-0.39, 0.29) is 48.0 Å². The Morgan fingerprint density at radius 1 is 1.24 bits per heavy atom. The van der Waals surface area contributed by atoms with Gasteiger partial charge in [-0.2, -0.15) is 5.10 Å². The van der Waals surface area contributed by atoms with Gasteiger partial charge in [0, 0.05) is 33.3 Å². The average molecular weight is 511 g/mol. The summed E-state index contributed by atoms with van der Waals surface area (Å²) in [6.07, 6.45) is 2.00. The lowest BCUT2D eigenvalue weighted by Gasteiger charge is -2.54. The van der Waals surface area contributed by atoms with Crippen LogP contribution in [0.15, 0.2) is 23.0 Å². The van der Waals surface area contributed by atoms with Crippen LogP contribution in [0.1, 0.15) is 22.8 Å². The molecule has 0 saturated carbocycles. The van der Waals surface area contributed by atoms with E-state index in [2.05, 4.69) is 20.9 Å². The number of amides is 5. The molecule has 2 aromatic heterocycles. The standard InChI is InChI=1S/C23H22FN7O6/c1-10-17-23(20(33)26-22(35)27-21(23)34)7-11-6-13-16(14(24)15(11)30(17)4-5-36-10)37-28-18(13)31-9-12(8-25-31)19(32)29(2)3/h6,8-10,17H,4-5,7H2,1-3H3,(H2,26,27,33,34,35)/t10-,17+/m0/s1. The largest absolute Gasteiger partial charge is 0.374 e. The molecule has 5 heterocycles. The van der Waals surface area contributed by atoms with Crippen molar-refractivity contribution in [1.82, 2.24) is 30.5 Å². The van der Waals surface area contributed by atoms with Gasteiger partial charge >= 0.3 is 6.03 Å². The van der Waals surface area contributed by atoms with Gasteiger partial charge in [-0.3, -0.25) is 25.0 Å². The molecule has 5 amide bonds. The summed E-state index contributed by atoms with van der Waals surface area (Å²) in [7, 11) is 3.21. The smallest absolute Gasteiger partial charge is 0.328 e. The topological polar surface area (TPSA) is 152 Å². The molecule has 13 nitrogen and oxygen atoms in total. The zero-order valence-electron chi connectivity index (χ0n) is 20.1. The van der Waals surface area contributed by atoms with Crippen LogP contribution in [0.25, 0.3) is 16.8 Å². The maximum absolute atomic E-state index is 16.1. The zero-order chi connectivity index (χ0) is 26.2. The number of ether oxygens (including phenoxy) is 1. The van der Waals surface area contributed by atoms with Crippen molar-refractivity contribution < 1.29 is 32.8 Å². The number of morpholine rings is 1. The van der Waals surface area contributed by atoms with Crippen LogP contribution in [0.4, 0.5) is 14.9 Å². The molecule has 2 N–H and O–H groups in total. The summed E-state index contributed by atoms with van der Waals surface area (Å²) in [5, 5.41) is 12.8. The summed E-state index contributed by atoms with van der Waals surface area (Å²) < 4.78 is 28.5. The molecule has 0 unspecified atom stereocenters. The number of barbiturate groups is 1. The van der Waals surface area contributed by atoms with Gasteiger partial charge in [-0.1, -0.05) is 5.16 Å². The summed E-state index contributed by atoms with van der Waals surface area (Å²) >= 11 is 0. The quantitative estimate of drug-likeness (QED) is 0.465. The lowest BCUT2D eigenvalue weighted by atomic mass is 9.66. The summed E-state index contributed by atoms with van der Waals surface area (Å²) in [5.74, 6) is -2.40. The third kappa shape index (κ3) is 3.11. The van der Waals surface area contributed by atoms with E-state index in [0.717, 1.165) is 0 Å². The second-order valence-corrected chi connectivity index (χ2v) is 9.55. The fourth-order valence-electron chi connectivity index (χ4n) is 5.62. The molecular weight excluding hydrogens is 489 g/mol. The van der Waals surface area contributed by atoms with Gasteiger partial charge in [-0.25, -0.2) is 13.9 Å². The first-order valence-electron chi connectivity index (χ1n) is 11.6. The van der Waals surface area contributed by atoms with Crippen molar-refractivity contribution in [3.63, 3.8) is 0 Å². The maximum Gasteiger partial charge on any atom is 0.328 e. The van der Waals surface area contributed by atoms with Crippen molar-refractivity contribution in [1.29, 1.82) is 0 Å². The predicted molar refractivity (Wildman–Crippen MR) is 123 cm³/mol. The number of carbonyl (C=O) groups is 4. The van der Waals surface area contributed by atoms with Crippen LogP contribution in [0.2, 0.25) is 0 Å². The molecule has 0 aliphatic carbocycles. The van der Waals surface area contributed by atoms with Gasteiger partial charge in [0.2, 0.25) is 23.2 Å². The lowest BCUT2D eigenvalue weighted by Crippen LogP contribution is -2.74. The molecule has 37 heavy (non-hydrogen) atoms. The van der Waals surface area contributed by atoms with Crippen molar-refractivity contribution in [2.45, 2.75) is 25.5 Å². The van der Waals surface area contributed by atoms with Crippen LogP contribution in [-0.2, 0) is 20.7 Å². The average Bonchev–Trinajstić information content (AvgIpc) is 3.49. The van der Waals surface area contributed by atoms with Gasteiger partial charge < -0.3 is 19.1 Å². The van der Waals surface area contributed by atoms with Crippen LogP contribution in [0.3, 0.4) is 0 Å². The summed E-state index contributed by atoms with van der Waals surface area (Å²) in [6.45, 7) is 2.15. The molecule has 2 atom stereocenters. The molecule has 14 heteroatoms. The monoisotopic (exact) mass is 511 g/mol. The highest BCUT2D eigenvalue weighted by molar-refractivity contribution is 6.20. The number of benzene rings is 1. The Balaban J connectivity index is 1.53. The van der Waals surface area contributed by atoms with Crippen molar-refractivity contribution in [3.8, 4) is 5.82 Å². The normalized spacial score (nSPS) is 22.5. The number of hydrogen-bond donors (Lipinski definition) is 2. The molecule has 6 rings (SSSR count). The summed E-state index contributed by atoms with van der Waals surface area (Å²) in [6, 6.07) is -0.182. The molecule has 2 saturated heterocycles. The van der Waals surface area contributed by atoms with Crippen molar-refractivity contribution in [2.24, 2.45) is 5.41 Å². The Labute approximate surface area is 208 Å². The molecule has 2 fully saturated rings. The van der Waals surface area contributed by atoms with Crippen molar-refractivity contribution in [2.75, 3.05) is 32.1 Å². The highest BCUT2D eigenvalue weighted by Crippen LogP contribution is 2.48. The Morgan fingerprint density at radius 3 is 2.68 bits per heavy atom. The van der Waals surface area contributed by atoms with E-state index in [1.807, 2.05) is 0 Å². The number of anilines is 1. The molecule has 192 valence electrons. The minimum Gasteiger partial charge on any atom is -0.374 e. The molecule has 3 aromatic rings. The van der Waals surface area contributed by atoms with Crippen molar-refractivity contribution in [3.05, 3.63) is 35.4 Å². The first kappa shape index (κ1) is 23.1. The van der Waals surface area contributed by atoms with E-state index < -0.39 is 41.2 Å². The van der Waals surface area contributed by atoms with Gasteiger partial charge in [0.15, 0.2) is 11.2 Å². The van der Waals surface area contributed by atoms with Crippen LogP contribution in [-0.4, -0.2) is 83.0 Å². The number of fused-ring (bicyclic) bond motifs is 5. The van der Waals surface area contributed by atoms with Crippen LogP contribution >= 0.6 is 0 Å². The first-order chi connectivity index (χ1) is 17.6. The van der Waals surface area contributed by atoms with Gasteiger partial charge in [0.05, 0.1) is 41.6 Å². The highest BCUT2D eigenvalue weighted by atomic mass is 19.1.